The summed E-state index contributed by atoms with van der Waals surface area (Å²) in [6.07, 6.45) is 5.75. The monoisotopic (exact) mass is 325 g/mol. The predicted molar refractivity (Wildman–Crippen MR) is 98.5 cm³/mol. The van der Waals surface area contributed by atoms with Gasteiger partial charge in [0, 0.05) is 12.2 Å². The van der Waals surface area contributed by atoms with Crippen molar-refractivity contribution in [3.8, 4) is 5.75 Å². The first kappa shape index (κ1) is 16.8. The molecule has 2 aromatic rings. The molecule has 1 N–H and O–H groups in total. The van der Waals surface area contributed by atoms with Crippen molar-refractivity contribution in [3.63, 3.8) is 0 Å². The highest BCUT2D eigenvalue weighted by Gasteiger charge is 2.37. The second-order valence-electron chi connectivity index (χ2n) is 6.71. The zero-order valence-electron chi connectivity index (χ0n) is 14.4. The van der Waals surface area contributed by atoms with Gasteiger partial charge in [0.25, 0.3) is 0 Å². The highest BCUT2D eigenvalue weighted by molar-refractivity contribution is 5.50. The summed E-state index contributed by atoms with van der Waals surface area (Å²) in [5.74, 6) is 0.875. The van der Waals surface area contributed by atoms with E-state index in [-0.39, 0.29) is 12.1 Å². The number of hydrogen-bond acceptors (Lipinski definition) is 3. The fourth-order valence-corrected chi connectivity index (χ4v) is 3.78. The van der Waals surface area contributed by atoms with Crippen LogP contribution in [0.2, 0.25) is 0 Å². The Bertz CT molecular complexity index is 618. The molecule has 128 valence electrons. The zero-order chi connectivity index (χ0) is 16.8. The van der Waals surface area contributed by atoms with E-state index in [1.54, 1.807) is 7.11 Å². The van der Waals surface area contributed by atoms with Crippen molar-refractivity contribution in [2.45, 2.75) is 44.2 Å². The molecule has 0 aromatic heterocycles. The van der Waals surface area contributed by atoms with Gasteiger partial charge in [-0.3, -0.25) is 0 Å². The number of hydrogen-bond donors (Lipinski definition) is 1. The number of aliphatic hydroxyl groups excluding tert-OH is 1. The third-order valence-electron chi connectivity index (χ3n) is 5.22. The van der Waals surface area contributed by atoms with Gasteiger partial charge < -0.3 is 14.7 Å². The largest absolute Gasteiger partial charge is 0.497 e. The van der Waals surface area contributed by atoms with Crippen molar-refractivity contribution < 1.29 is 9.84 Å². The summed E-state index contributed by atoms with van der Waals surface area (Å²) in [5.41, 5.74) is 2.27. The molecule has 3 rings (SSSR count). The number of nitrogens with zero attached hydrogens (tertiary/aromatic N) is 1. The predicted octanol–water partition coefficient (Wildman–Crippen LogP) is 4.40. The Kier molecular flexibility index (Phi) is 5.41. The normalized spacial score (nSPS) is 16.6. The van der Waals surface area contributed by atoms with Crippen molar-refractivity contribution in [2.24, 2.45) is 0 Å². The van der Waals surface area contributed by atoms with Crippen LogP contribution in [0.5, 0.6) is 5.75 Å². The summed E-state index contributed by atoms with van der Waals surface area (Å²) in [4.78, 5) is 2.41. The number of aliphatic hydroxyl groups is 1. The van der Waals surface area contributed by atoms with Crippen molar-refractivity contribution in [3.05, 3.63) is 60.2 Å². The minimum absolute atomic E-state index is 0.153. The summed E-state index contributed by atoms with van der Waals surface area (Å²) in [6.45, 7) is 1.01. The number of anilines is 1. The quantitative estimate of drug-likeness (QED) is 0.854. The molecule has 0 amide bonds. The van der Waals surface area contributed by atoms with Gasteiger partial charge in [0.2, 0.25) is 0 Å². The van der Waals surface area contributed by atoms with Crippen LogP contribution in [-0.2, 0) is 6.54 Å². The van der Waals surface area contributed by atoms with Gasteiger partial charge in [0.05, 0.1) is 19.3 Å². The van der Waals surface area contributed by atoms with E-state index in [1.807, 2.05) is 18.2 Å². The van der Waals surface area contributed by atoms with Gasteiger partial charge in [0.15, 0.2) is 0 Å². The fraction of sp³-hybridized carbons (Fsp3) is 0.429. The third kappa shape index (κ3) is 3.57. The third-order valence-corrected chi connectivity index (χ3v) is 5.22. The van der Waals surface area contributed by atoms with Crippen LogP contribution in [-0.4, -0.2) is 24.4 Å². The second-order valence-corrected chi connectivity index (χ2v) is 6.71. The molecule has 1 aliphatic rings. The Morgan fingerprint density at radius 2 is 1.62 bits per heavy atom. The van der Waals surface area contributed by atoms with Gasteiger partial charge in [0.1, 0.15) is 5.75 Å². The van der Waals surface area contributed by atoms with E-state index in [1.165, 1.54) is 30.5 Å². The van der Waals surface area contributed by atoms with Crippen LogP contribution in [0.4, 0.5) is 5.69 Å². The molecule has 0 aliphatic heterocycles. The van der Waals surface area contributed by atoms with E-state index in [4.69, 9.17) is 4.74 Å². The highest BCUT2D eigenvalue weighted by atomic mass is 16.5. The van der Waals surface area contributed by atoms with E-state index < -0.39 is 0 Å². The van der Waals surface area contributed by atoms with E-state index in [2.05, 4.69) is 41.3 Å². The van der Waals surface area contributed by atoms with Crippen molar-refractivity contribution in [2.75, 3.05) is 18.6 Å². The van der Waals surface area contributed by atoms with Crippen molar-refractivity contribution in [1.82, 2.24) is 0 Å². The molecular weight excluding hydrogens is 298 g/mol. The molecule has 0 heterocycles. The molecule has 3 nitrogen and oxygen atoms in total. The molecule has 24 heavy (non-hydrogen) atoms. The Labute approximate surface area is 144 Å². The Hall–Kier alpha value is -2.00. The lowest BCUT2D eigenvalue weighted by atomic mass is 9.80. The maximum atomic E-state index is 10.3. The van der Waals surface area contributed by atoms with Crippen LogP contribution in [0.1, 0.15) is 37.7 Å². The molecule has 0 saturated heterocycles. The van der Waals surface area contributed by atoms with Crippen LogP contribution in [0.3, 0.4) is 0 Å². The first-order valence-electron chi connectivity index (χ1n) is 8.84. The molecule has 0 spiro atoms. The van der Waals surface area contributed by atoms with Crippen LogP contribution >= 0.6 is 0 Å². The number of rotatable bonds is 6. The first-order valence-corrected chi connectivity index (χ1v) is 8.84. The molecule has 2 aromatic carbocycles. The van der Waals surface area contributed by atoms with E-state index >= 15 is 0 Å². The average molecular weight is 325 g/mol. The van der Waals surface area contributed by atoms with Gasteiger partial charge >= 0.3 is 0 Å². The summed E-state index contributed by atoms with van der Waals surface area (Å²) in [6, 6.07) is 18.7. The number of ether oxygens (including phenoxy) is 1. The van der Waals surface area contributed by atoms with Gasteiger partial charge in [-0.15, -0.1) is 0 Å². The smallest absolute Gasteiger partial charge is 0.118 e. The lowest BCUT2D eigenvalue weighted by Gasteiger charge is -2.47. The first-order chi connectivity index (χ1) is 11.8. The zero-order valence-corrected chi connectivity index (χ0v) is 14.4. The second kappa shape index (κ2) is 7.71. The topological polar surface area (TPSA) is 32.7 Å². The maximum absolute atomic E-state index is 10.3. The van der Waals surface area contributed by atoms with Crippen molar-refractivity contribution in [1.29, 1.82) is 0 Å². The van der Waals surface area contributed by atoms with Crippen LogP contribution in [0.15, 0.2) is 54.6 Å². The molecule has 3 heteroatoms. The van der Waals surface area contributed by atoms with E-state index in [0.29, 0.717) is 0 Å². The lowest BCUT2D eigenvalue weighted by Crippen LogP contribution is -2.52. The number of para-hydroxylation sites is 1. The molecule has 0 atom stereocenters. The molecular formula is C21H27NO2. The number of methoxy groups -OCH3 is 1. The summed E-state index contributed by atoms with van der Waals surface area (Å²) >= 11 is 0. The minimum Gasteiger partial charge on any atom is -0.497 e. The lowest BCUT2D eigenvalue weighted by molar-refractivity contribution is 0.145. The van der Waals surface area contributed by atoms with E-state index in [0.717, 1.165) is 25.1 Å². The molecule has 0 bridgehead atoms. The Morgan fingerprint density at radius 3 is 2.21 bits per heavy atom. The Morgan fingerprint density at radius 1 is 0.958 bits per heavy atom. The standard InChI is InChI=1S/C21H27NO2/c1-24-20-12-10-18(11-13-20)16-22(19-8-4-2-5-9-19)21(17-23)14-6-3-7-15-21/h2,4-5,8-13,23H,3,6-7,14-17H2,1H3. The molecule has 1 aliphatic carbocycles. The van der Waals surface area contributed by atoms with Crippen LogP contribution in [0, 0.1) is 0 Å². The molecule has 0 unspecified atom stereocenters. The van der Waals surface area contributed by atoms with Gasteiger partial charge in [-0.2, -0.15) is 0 Å². The summed E-state index contributed by atoms with van der Waals surface area (Å²) in [7, 11) is 1.69. The maximum Gasteiger partial charge on any atom is 0.118 e. The summed E-state index contributed by atoms with van der Waals surface area (Å²) < 4.78 is 5.26. The highest BCUT2D eigenvalue weighted by Crippen LogP contribution is 2.37. The van der Waals surface area contributed by atoms with Gasteiger partial charge in [-0.1, -0.05) is 49.6 Å². The molecule has 1 fully saturated rings. The summed E-state index contributed by atoms with van der Waals surface area (Å²) in [5, 5.41) is 10.3. The van der Waals surface area contributed by atoms with Crippen LogP contribution in [0.25, 0.3) is 0 Å². The van der Waals surface area contributed by atoms with E-state index in [9.17, 15) is 5.11 Å². The van der Waals surface area contributed by atoms with Gasteiger partial charge in [-0.05, 0) is 42.7 Å². The molecule has 0 radical (unpaired) electrons. The average Bonchev–Trinajstić information content (AvgIpc) is 2.68. The fourth-order valence-electron chi connectivity index (χ4n) is 3.78. The Balaban J connectivity index is 1.92. The van der Waals surface area contributed by atoms with Crippen molar-refractivity contribution >= 4 is 5.69 Å². The molecule has 1 saturated carbocycles. The van der Waals surface area contributed by atoms with Gasteiger partial charge in [-0.25, -0.2) is 0 Å². The minimum atomic E-state index is -0.153. The SMILES string of the molecule is COc1ccc(CN(c2ccccc2)C2(CO)CCCCC2)cc1. The van der Waals surface area contributed by atoms with Crippen LogP contribution < -0.4 is 9.64 Å². The number of benzene rings is 2.